The summed E-state index contributed by atoms with van der Waals surface area (Å²) in [5.41, 5.74) is 3.47. The molecule has 128 valence electrons. The Balaban J connectivity index is 1.66. The maximum atomic E-state index is 12.2. The number of para-hydroxylation sites is 2. The molecule has 0 bridgehead atoms. The van der Waals surface area contributed by atoms with Crippen LogP contribution >= 0.6 is 0 Å². The van der Waals surface area contributed by atoms with E-state index in [4.69, 9.17) is 9.47 Å². The number of hydrogen-bond acceptors (Lipinski definition) is 4. The molecule has 1 aliphatic rings. The Morgan fingerprint density at radius 1 is 1.33 bits per heavy atom. The quantitative estimate of drug-likeness (QED) is 0.899. The number of ether oxygens (including phenoxy) is 2. The van der Waals surface area contributed by atoms with Gasteiger partial charge in [0, 0.05) is 12.2 Å². The highest BCUT2D eigenvalue weighted by molar-refractivity contribution is 5.91. The second kappa shape index (κ2) is 7.46. The van der Waals surface area contributed by atoms with E-state index in [1.54, 1.807) is 0 Å². The van der Waals surface area contributed by atoms with Gasteiger partial charge >= 0.3 is 6.03 Å². The highest BCUT2D eigenvalue weighted by Gasteiger charge is 2.16. The minimum absolute atomic E-state index is 0.101. The number of aromatic nitrogens is 2. The summed E-state index contributed by atoms with van der Waals surface area (Å²) in [5, 5.41) is 10.2. The van der Waals surface area contributed by atoms with Gasteiger partial charge in [0.1, 0.15) is 0 Å². The molecule has 2 N–H and O–H groups in total. The molecule has 0 aliphatic carbocycles. The number of urea groups is 1. The first-order valence-corrected chi connectivity index (χ1v) is 8.00. The molecule has 1 saturated heterocycles. The van der Waals surface area contributed by atoms with E-state index in [0.29, 0.717) is 32.1 Å². The number of carbonyl (C=O) groups is 1. The predicted octanol–water partition coefficient (Wildman–Crippen LogP) is 2.03. The van der Waals surface area contributed by atoms with E-state index in [1.807, 2.05) is 48.9 Å². The van der Waals surface area contributed by atoms with Crippen LogP contribution < -0.4 is 10.6 Å². The third kappa shape index (κ3) is 3.93. The Hall–Kier alpha value is -2.38. The van der Waals surface area contributed by atoms with Gasteiger partial charge < -0.3 is 20.1 Å². The van der Waals surface area contributed by atoms with Crippen molar-refractivity contribution in [1.82, 2.24) is 15.1 Å². The number of anilines is 1. The van der Waals surface area contributed by atoms with Crippen molar-refractivity contribution >= 4 is 11.7 Å². The summed E-state index contributed by atoms with van der Waals surface area (Å²) in [4.78, 5) is 12.2. The van der Waals surface area contributed by atoms with Crippen LogP contribution in [-0.2, 0) is 9.47 Å². The number of nitrogens with zero attached hydrogens (tertiary/aromatic N) is 2. The molecule has 2 aromatic rings. The monoisotopic (exact) mass is 330 g/mol. The first-order valence-electron chi connectivity index (χ1n) is 8.00. The molecular formula is C17H22N4O3. The second-order valence-corrected chi connectivity index (χ2v) is 5.76. The van der Waals surface area contributed by atoms with Crippen molar-refractivity contribution in [2.75, 3.05) is 31.7 Å². The van der Waals surface area contributed by atoms with Crippen molar-refractivity contribution in [3.05, 3.63) is 41.7 Å². The molecule has 1 atom stereocenters. The van der Waals surface area contributed by atoms with E-state index in [0.717, 1.165) is 17.1 Å². The topological polar surface area (TPSA) is 77.4 Å². The Bertz CT molecular complexity index is 708. The zero-order valence-electron chi connectivity index (χ0n) is 13.9. The van der Waals surface area contributed by atoms with Crippen molar-refractivity contribution in [2.45, 2.75) is 20.0 Å². The Labute approximate surface area is 140 Å². The van der Waals surface area contributed by atoms with Gasteiger partial charge in [0.2, 0.25) is 0 Å². The van der Waals surface area contributed by atoms with Gasteiger partial charge in [-0.05, 0) is 32.0 Å². The number of nitrogens with one attached hydrogen (secondary N) is 2. The summed E-state index contributed by atoms with van der Waals surface area (Å²) in [6, 6.07) is 9.29. The van der Waals surface area contributed by atoms with Crippen molar-refractivity contribution in [3.63, 3.8) is 0 Å². The van der Waals surface area contributed by atoms with E-state index < -0.39 is 0 Å². The Morgan fingerprint density at radius 3 is 2.88 bits per heavy atom. The third-order valence-corrected chi connectivity index (χ3v) is 3.77. The zero-order chi connectivity index (χ0) is 16.9. The average Bonchev–Trinajstić information content (AvgIpc) is 2.93. The van der Waals surface area contributed by atoms with Crippen LogP contribution in [0.5, 0.6) is 0 Å². The van der Waals surface area contributed by atoms with E-state index in [1.165, 1.54) is 0 Å². The molecular weight excluding hydrogens is 308 g/mol. The summed E-state index contributed by atoms with van der Waals surface area (Å²) in [7, 11) is 0. The fraction of sp³-hybridized carbons (Fsp3) is 0.412. The van der Waals surface area contributed by atoms with E-state index in [2.05, 4.69) is 15.7 Å². The number of rotatable bonds is 4. The number of hydrogen-bond donors (Lipinski definition) is 2. The van der Waals surface area contributed by atoms with Crippen molar-refractivity contribution in [3.8, 4) is 5.69 Å². The highest BCUT2D eigenvalue weighted by Crippen LogP contribution is 2.21. The van der Waals surface area contributed by atoms with Crippen LogP contribution in [0.1, 0.15) is 11.4 Å². The maximum Gasteiger partial charge on any atom is 0.319 e. The maximum absolute atomic E-state index is 12.2. The average molecular weight is 330 g/mol. The van der Waals surface area contributed by atoms with Crippen LogP contribution in [0.2, 0.25) is 0 Å². The summed E-state index contributed by atoms with van der Waals surface area (Å²) in [6.45, 7) is 6.01. The molecule has 1 fully saturated rings. The number of aryl methyl sites for hydroxylation is 2. The minimum atomic E-state index is -0.279. The molecule has 7 heteroatoms. The first-order chi connectivity index (χ1) is 11.6. The largest absolute Gasteiger partial charge is 0.376 e. The summed E-state index contributed by atoms with van der Waals surface area (Å²) in [5.74, 6) is 0. The molecule has 2 amide bonds. The van der Waals surface area contributed by atoms with Gasteiger partial charge in [-0.3, -0.25) is 0 Å². The fourth-order valence-electron chi connectivity index (χ4n) is 2.66. The zero-order valence-corrected chi connectivity index (χ0v) is 13.9. The van der Waals surface area contributed by atoms with Gasteiger partial charge in [0.25, 0.3) is 0 Å². The fourth-order valence-corrected chi connectivity index (χ4v) is 2.66. The normalized spacial score (nSPS) is 17.5. The van der Waals surface area contributed by atoms with Gasteiger partial charge in [0.15, 0.2) is 0 Å². The predicted molar refractivity (Wildman–Crippen MR) is 90.6 cm³/mol. The molecule has 2 heterocycles. The highest BCUT2D eigenvalue weighted by atomic mass is 16.6. The van der Waals surface area contributed by atoms with Gasteiger partial charge in [0.05, 0.1) is 43.0 Å². The molecule has 1 unspecified atom stereocenters. The third-order valence-electron chi connectivity index (χ3n) is 3.77. The van der Waals surface area contributed by atoms with E-state index >= 15 is 0 Å². The van der Waals surface area contributed by atoms with Crippen molar-refractivity contribution in [2.24, 2.45) is 0 Å². The lowest BCUT2D eigenvalue weighted by Crippen LogP contribution is -2.41. The van der Waals surface area contributed by atoms with Crippen LogP contribution in [0.4, 0.5) is 10.5 Å². The molecule has 0 radical (unpaired) electrons. The van der Waals surface area contributed by atoms with Gasteiger partial charge in [-0.1, -0.05) is 12.1 Å². The lowest BCUT2D eigenvalue weighted by molar-refractivity contribution is -0.0852. The molecule has 0 spiro atoms. The molecule has 1 aromatic heterocycles. The van der Waals surface area contributed by atoms with Gasteiger partial charge in [-0.2, -0.15) is 5.10 Å². The first kappa shape index (κ1) is 16.5. The molecule has 1 aromatic carbocycles. The van der Waals surface area contributed by atoms with Crippen molar-refractivity contribution in [1.29, 1.82) is 0 Å². The number of benzene rings is 1. The molecule has 7 nitrogen and oxygen atoms in total. The summed E-state index contributed by atoms with van der Waals surface area (Å²) >= 11 is 0. The Morgan fingerprint density at radius 2 is 2.17 bits per heavy atom. The molecule has 3 rings (SSSR count). The summed E-state index contributed by atoms with van der Waals surface area (Å²) in [6.07, 6.45) is -0.101. The number of carbonyl (C=O) groups excluding carboxylic acids is 1. The minimum Gasteiger partial charge on any atom is -0.376 e. The summed E-state index contributed by atoms with van der Waals surface area (Å²) < 4.78 is 12.6. The smallest absolute Gasteiger partial charge is 0.319 e. The van der Waals surface area contributed by atoms with Crippen molar-refractivity contribution < 1.29 is 14.3 Å². The van der Waals surface area contributed by atoms with Crippen LogP contribution in [0, 0.1) is 13.8 Å². The Kier molecular flexibility index (Phi) is 5.12. The van der Waals surface area contributed by atoms with Crippen LogP contribution in [-0.4, -0.2) is 48.3 Å². The van der Waals surface area contributed by atoms with E-state index in [-0.39, 0.29) is 12.1 Å². The van der Waals surface area contributed by atoms with Crippen LogP contribution in [0.3, 0.4) is 0 Å². The van der Waals surface area contributed by atoms with Crippen LogP contribution in [0.25, 0.3) is 5.69 Å². The molecule has 1 aliphatic heterocycles. The van der Waals surface area contributed by atoms with Gasteiger partial charge in [-0.15, -0.1) is 0 Å². The van der Waals surface area contributed by atoms with Crippen LogP contribution in [0.15, 0.2) is 30.3 Å². The lowest BCUT2D eigenvalue weighted by atomic mass is 10.2. The van der Waals surface area contributed by atoms with Gasteiger partial charge in [-0.25, -0.2) is 9.48 Å². The van der Waals surface area contributed by atoms with E-state index in [9.17, 15) is 4.79 Å². The second-order valence-electron chi connectivity index (χ2n) is 5.76. The standard InChI is InChI=1S/C17H22N4O3/c1-12-9-13(2)21(20-12)16-6-4-3-5-15(16)19-17(22)18-10-14-11-23-7-8-24-14/h3-6,9,14H,7-8,10-11H2,1-2H3,(H2,18,19,22). The number of amides is 2. The molecule has 24 heavy (non-hydrogen) atoms. The SMILES string of the molecule is Cc1cc(C)n(-c2ccccc2NC(=O)NCC2COCCO2)n1. The molecule has 0 saturated carbocycles. The lowest BCUT2D eigenvalue weighted by Gasteiger charge is -2.23.